The smallest absolute Gasteiger partial charge is 0.127 e. The Labute approximate surface area is 120 Å². The van der Waals surface area contributed by atoms with Gasteiger partial charge in [0.15, 0.2) is 0 Å². The summed E-state index contributed by atoms with van der Waals surface area (Å²) in [6.45, 7) is 0. The highest BCUT2D eigenvalue weighted by Crippen LogP contribution is 2.34. The molecular formula is C12H10Cl3N3. The molecule has 3 nitrogen and oxygen atoms in total. The lowest BCUT2D eigenvalue weighted by Crippen LogP contribution is -1.95. The number of nitrogens with zero attached hydrogens (tertiary/aromatic N) is 1. The molecule has 2 N–H and O–H groups in total. The summed E-state index contributed by atoms with van der Waals surface area (Å²) >= 11 is 17.9. The average molecular weight is 303 g/mol. The van der Waals surface area contributed by atoms with Crippen LogP contribution in [0.25, 0.3) is 0 Å². The molecule has 0 amide bonds. The first-order valence-corrected chi connectivity index (χ1v) is 6.29. The van der Waals surface area contributed by atoms with Crippen molar-refractivity contribution in [2.45, 2.75) is 0 Å². The van der Waals surface area contributed by atoms with Crippen LogP contribution in [0.1, 0.15) is 0 Å². The molecule has 0 unspecified atom stereocenters. The van der Waals surface area contributed by atoms with Crippen molar-refractivity contribution in [1.82, 2.24) is 4.98 Å². The Morgan fingerprint density at radius 1 is 1.00 bits per heavy atom. The highest BCUT2D eigenvalue weighted by molar-refractivity contribution is 6.44. The molecule has 1 heterocycles. The Balaban J connectivity index is 2.30. The second-order valence-electron chi connectivity index (χ2n) is 3.55. The van der Waals surface area contributed by atoms with Gasteiger partial charge in [0.25, 0.3) is 0 Å². The quantitative estimate of drug-likeness (QED) is 0.798. The van der Waals surface area contributed by atoms with Crippen LogP contribution in [0.15, 0.2) is 30.5 Å². The Morgan fingerprint density at radius 3 is 2.44 bits per heavy atom. The average Bonchev–Trinajstić information content (AvgIpc) is 2.36. The van der Waals surface area contributed by atoms with Crippen LogP contribution >= 0.6 is 34.8 Å². The van der Waals surface area contributed by atoms with Gasteiger partial charge in [0, 0.05) is 25.0 Å². The molecule has 2 rings (SSSR count). The monoisotopic (exact) mass is 301 g/mol. The maximum absolute atomic E-state index is 6.09. The van der Waals surface area contributed by atoms with E-state index in [-0.39, 0.29) is 0 Å². The normalized spacial score (nSPS) is 10.2. The van der Waals surface area contributed by atoms with Gasteiger partial charge in [0.2, 0.25) is 0 Å². The first kappa shape index (κ1) is 13.3. The van der Waals surface area contributed by atoms with Crippen LogP contribution in [0.4, 0.5) is 17.2 Å². The topological polar surface area (TPSA) is 37.0 Å². The number of anilines is 3. The third-order valence-corrected chi connectivity index (χ3v) is 3.34. The zero-order valence-electron chi connectivity index (χ0n) is 9.47. The van der Waals surface area contributed by atoms with Gasteiger partial charge >= 0.3 is 0 Å². The Bertz CT molecular complexity index is 572. The van der Waals surface area contributed by atoms with Crippen LogP contribution in [0.5, 0.6) is 0 Å². The number of pyridine rings is 1. The molecule has 94 valence electrons. The molecule has 1 aromatic carbocycles. The predicted molar refractivity (Wildman–Crippen MR) is 78.5 cm³/mol. The van der Waals surface area contributed by atoms with Gasteiger partial charge in [-0.3, -0.25) is 0 Å². The van der Waals surface area contributed by atoms with E-state index in [4.69, 9.17) is 34.8 Å². The highest BCUT2D eigenvalue weighted by atomic mass is 35.5. The van der Waals surface area contributed by atoms with E-state index >= 15 is 0 Å². The van der Waals surface area contributed by atoms with Gasteiger partial charge in [-0.15, -0.1) is 0 Å². The minimum absolute atomic E-state index is 0.429. The van der Waals surface area contributed by atoms with E-state index in [9.17, 15) is 0 Å². The summed E-state index contributed by atoms with van der Waals surface area (Å²) in [4.78, 5) is 4.12. The Kier molecular flexibility index (Phi) is 4.17. The molecule has 0 saturated carbocycles. The van der Waals surface area contributed by atoms with Crippen molar-refractivity contribution in [3.05, 3.63) is 45.5 Å². The summed E-state index contributed by atoms with van der Waals surface area (Å²) in [5.74, 6) is 0.760. The third-order valence-electron chi connectivity index (χ3n) is 2.31. The van der Waals surface area contributed by atoms with Gasteiger partial charge in [-0.05, 0) is 18.2 Å². The van der Waals surface area contributed by atoms with Crippen LogP contribution in [-0.4, -0.2) is 12.0 Å². The SMILES string of the molecule is CNc1cc(Nc2cc(Cl)c(Cl)cc2Cl)ccn1. The lowest BCUT2D eigenvalue weighted by atomic mass is 10.3. The van der Waals surface area contributed by atoms with E-state index in [1.54, 1.807) is 25.4 Å². The number of hydrogen-bond acceptors (Lipinski definition) is 3. The van der Waals surface area contributed by atoms with Crippen molar-refractivity contribution in [2.75, 3.05) is 17.7 Å². The largest absolute Gasteiger partial charge is 0.373 e. The second kappa shape index (κ2) is 5.65. The zero-order valence-corrected chi connectivity index (χ0v) is 11.7. The minimum atomic E-state index is 0.429. The lowest BCUT2D eigenvalue weighted by Gasteiger charge is -2.10. The molecule has 1 aromatic heterocycles. The molecule has 0 aliphatic carbocycles. The van der Waals surface area contributed by atoms with Crippen LogP contribution in [0, 0.1) is 0 Å². The van der Waals surface area contributed by atoms with Gasteiger partial charge in [-0.2, -0.15) is 0 Å². The first-order chi connectivity index (χ1) is 8.60. The molecule has 0 radical (unpaired) electrons. The predicted octanol–water partition coefficient (Wildman–Crippen LogP) is 4.83. The first-order valence-electron chi connectivity index (χ1n) is 5.15. The number of benzene rings is 1. The number of aromatic nitrogens is 1. The zero-order chi connectivity index (χ0) is 13.1. The fraction of sp³-hybridized carbons (Fsp3) is 0.0833. The maximum Gasteiger partial charge on any atom is 0.127 e. The minimum Gasteiger partial charge on any atom is -0.373 e. The summed E-state index contributed by atoms with van der Waals surface area (Å²) < 4.78 is 0. The van der Waals surface area contributed by atoms with E-state index in [1.165, 1.54) is 0 Å². The molecule has 0 saturated heterocycles. The van der Waals surface area contributed by atoms with Gasteiger partial charge in [-0.1, -0.05) is 34.8 Å². The Morgan fingerprint density at radius 2 is 1.72 bits per heavy atom. The fourth-order valence-electron chi connectivity index (χ4n) is 1.42. The van der Waals surface area contributed by atoms with E-state index in [2.05, 4.69) is 15.6 Å². The van der Waals surface area contributed by atoms with Crippen molar-refractivity contribution < 1.29 is 0 Å². The second-order valence-corrected chi connectivity index (χ2v) is 4.77. The molecule has 0 fully saturated rings. The van der Waals surface area contributed by atoms with Gasteiger partial charge < -0.3 is 10.6 Å². The van der Waals surface area contributed by atoms with E-state index in [0.717, 1.165) is 11.5 Å². The van der Waals surface area contributed by atoms with Crippen LogP contribution < -0.4 is 10.6 Å². The van der Waals surface area contributed by atoms with Crippen molar-refractivity contribution in [1.29, 1.82) is 0 Å². The molecule has 6 heteroatoms. The van der Waals surface area contributed by atoms with Crippen molar-refractivity contribution >= 4 is 52.0 Å². The summed E-state index contributed by atoms with van der Waals surface area (Å²) in [5, 5.41) is 7.50. The molecule has 2 aromatic rings. The maximum atomic E-state index is 6.09. The Hall–Kier alpha value is -1.16. The van der Waals surface area contributed by atoms with E-state index in [1.807, 2.05) is 12.1 Å². The molecule has 0 aliphatic rings. The summed E-state index contributed by atoms with van der Waals surface area (Å²) in [6.07, 6.45) is 1.69. The van der Waals surface area contributed by atoms with Crippen molar-refractivity contribution in [3.63, 3.8) is 0 Å². The molecule has 0 spiro atoms. The summed E-state index contributed by atoms with van der Waals surface area (Å²) in [7, 11) is 1.80. The number of halogens is 3. The summed E-state index contributed by atoms with van der Waals surface area (Å²) in [5.41, 5.74) is 1.55. The van der Waals surface area contributed by atoms with E-state index in [0.29, 0.717) is 20.8 Å². The third kappa shape index (κ3) is 2.99. The fourth-order valence-corrected chi connectivity index (χ4v) is 2.01. The van der Waals surface area contributed by atoms with Crippen molar-refractivity contribution in [3.8, 4) is 0 Å². The van der Waals surface area contributed by atoms with Crippen LogP contribution in [-0.2, 0) is 0 Å². The van der Waals surface area contributed by atoms with Crippen LogP contribution in [0.2, 0.25) is 15.1 Å². The molecule has 0 atom stereocenters. The standard InChI is InChI=1S/C12H10Cl3N3/c1-16-12-4-7(2-3-17-12)18-11-6-9(14)8(13)5-10(11)15/h2-6H,1H3,(H2,16,17,18). The molecule has 18 heavy (non-hydrogen) atoms. The molecular weight excluding hydrogens is 293 g/mol. The number of nitrogens with one attached hydrogen (secondary N) is 2. The van der Waals surface area contributed by atoms with Gasteiger partial charge in [-0.25, -0.2) is 4.98 Å². The molecule has 0 aliphatic heterocycles. The van der Waals surface area contributed by atoms with Crippen molar-refractivity contribution in [2.24, 2.45) is 0 Å². The number of rotatable bonds is 3. The van der Waals surface area contributed by atoms with Crippen LogP contribution in [0.3, 0.4) is 0 Å². The molecule has 0 bridgehead atoms. The lowest BCUT2D eigenvalue weighted by molar-refractivity contribution is 1.28. The van der Waals surface area contributed by atoms with Gasteiger partial charge in [0.05, 0.1) is 20.8 Å². The number of hydrogen-bond donors (Lipinski definition) is 2. The summed E-state index contributed by atoms with van der Waals surface area (Å²) in [6, 6.07) is 6.98. The highest BCUT2D eigenvalue weighted by Gasteiger charge is 2.06. The van der Waals surface area contributed by atoms with Gasteiger partial charge in [0.1, 0.15) is 5.82 Å². The van der Waals surface area contributed by atoms with E-state index < -0.39 is 0 Å².